The van der Waals surface area contributed by atoms with Crippen molar-refractivity contribution in [3.8, 4) is 5.75 Å². The number of fused-ring (bicyclic) bond motifs is 1. The first-order valence-corrected chi connectivity index (χ1v) is 8.77. The Morgan fingerprint density at radius 3 is 2.77 bits per heavy atom. The summed E-state index contributed by atoms with van der Waals surface area (Å²) in [6, 6.07) is 9.16. The van der Waals surface area contributed by atoms with Crippen molar-refractivity contribution in [1.82, 2.24) is 5.32 Å². The van der Waals surface area contributed by atoms with Crippen LogP contribution in [0.1, 0.15) is 36.0 Å². The van der Waals surface area contributed by atoms with Gasteiger partial charge in [-0.1, -0.05) is 35.3 Å². The van der Waals surface area contributed by atoms with Gasteiger partial charge >= 0.3 is 0 Å². The molecule has 26 heavy (non-hydrogen) atoms. The third-order valence-corrected chi connectivity index (χ3v) is 4.46. The van der Waals surface area contributed by atoms with E-state index in [2.05, 4.69) is 5.32 Å². The van der Waals surface area contributed by atoms with Crippen molar-refractivity contribution in [3.05, 3.63) is 63.6 Å². The van der Waals surface area contributed by atoms with E-state index in [1.54, 1.807) is 6.92 Å². The van der Waals surface area contributed by atoms with Crippen LogP contribution in [-0.2, 0) is 0 Å². The SMILES string of the molecule is CCOc1cccc2cc(C(C)NC(=O)c3cc(F)c(Cl)cc3Cl)oc12. The Morgan fingerprint density at radius 2 is 2.04 bits per heavy atom. The highest BCUT2D eigenvalue weighted by molar-refractivity contribution is 6.36. The molecule has 0 saturated carbocycles. The number of carbonyl (C=O) groups is 1. The monoisotopic (exact) mass is 395 g/mol. The molecule has 0 aliphatic heterocycles. The van der Waals surface area contributed by atoms with Crippen LogP contribution in [0.4, 0.5) is 4.39 Å². The lowest BCUT2D eigenvalue weighted by Gasteiger charge is -2.12. The molecular weight excluding hydrogens is 380 g/mol. The van der Waals surface area contributed by atoms with E-state index in [9.17, 15) is 9.18 Å². The van der Waals surface area contributed by atoms with Crippen LogP contribution in [0.2, 0.25) is 10.0 Å². The maximum Gasteiger partial charge on any atom is 0.253 e. The molecule has 0 radical (unpaired) electrons. The number of ether oxygens (including phenoxy) is 1. The molecule has 0 saturated heterocycles. The molecule has 7 heteroatoms. The summed E-state index contributed by atoms with van der Waals surface area (Å²) in [5, 5.41) is 3.54. The summed E-state index contributed by atoms with van der Waals surface area (Å²) in [6.07, 6.45) is 0. The van der Waals surface area contributed by atoms with Crippen molar-refractivity contribution in [2.45, 2.75) is 19.9 Å². The second-order valence-electron chi connectivity index (χ2n) is 5.70. The molecule has 2 aromatic carbocycles. The van der Waals surface area contributed by atoms with E-state index in [4.69, 9.17) is 32.4 Å². The van der Waals surface area contributed by atoms with Crippen LogP contribution >= 0.6 is 23.2 Å². The molecule has 0 fully saturated rings. The Bertz CT molecular complexity index is 971. The van der Waals surface area contributed by atoms with Crippen LogP contribution in [-0.4, -0.2) is 12.5 Å². The molecule has 0 bridgehead atoms. The van der Waals surface area contributed by atoms with E-state index >= 15 is 0 Å². The van der Waals surface area contributed by atoms with Crippen molar-refractivity contribution < 1.29 is 18.3 Å². The largest absolute Gasteiger partial charge is 0.490 e. The summed E-state index contributed by atoms with van der Waals surface area (Å²) >= 11 is 11.7. The topological polar surface area (TPSA) is 51.5 Å². The Balaban J connectivity index is 1.85. The third kappa shape index (κ3) is 3.64. The fourth-order valence-corrected chi connectivity index (χ4v) is 3.05. The van der Waals surface area contributed by atoms with Crippen molar-refractivity contribution in [2.75, 3.05) is 6.61 Å². The van der Waals surface area contributed by atoms with Crippen LogP contribution in [0.5, 0.6) is 5.75 Å². The van der Waals surface area contributed by atoms with Crippen molar-refractivity contribution in [3.63, 3.8) is 0 Å². The van der Waals surface area contributed by atoms with Crippen LogP contribution in [0, 0.1) is 5.82 Å². The molecule has 0 spiro atoms. The Hall–Kier alpha value is -2.24. The van der Waals surface area contributed by atoms with Crippen molar-refractivity contribution >= 4 is 40.1 Å². The standard InChI is InChI=1S/C19H16Cl2FNO3/c1-3-25-16-6-4-5-11-7-17(26-18(11)16)10(2)23-19(24)12-8-15(22)14(21)9-13(12)20/h4-10H,3H2,1-2H3,(H,23,24). The van der Waals surface area contributed by atoms with Gasteiger partial charge in [0.15, 0.2) is 11.3 Å². The van der Waals surface area contributed by atoms with Gasteiger partial charge in [-0.3, -0.25) is 4.79 Å². The molecule has 1 amide bonds. The summed E-state index contributed by atoms with van der Waals surface area (Å²) in [4.78, 5) is 12.4. The number of carbonyl (C=O) groups excluding carboxylic acids is 1. The first kappa shape index (κ1) is 18.5. The average molecular weight is 396 g/mol. The van der Waals surface area contributed by atoms with Gasteiger partial charge < -0.3 is 14.5 Å². The van der Waals surface area contributed by atoms with Gasteiger partial charge in [0.2, 0.25) is 0 Å². The summed E-state index contributed by atoms with van der Waals surface area (Å²) in [6.45, 7) is 4.17. The smallest absolute Gasteiger partial charge is 0.253 e. The van der Waals surface area contributed by atoms with Gasteiger partial charge in [0.1, 0.15) is 11.6 Å². The minimum atomic E-state index is -0.709. The number of hydrogen-bond donors (Lipinski definition) is 1. The van der Waals surface area contributed by atoms with E-state index in [1.165, 1.54) is 6.07 Å². The number of hydrogen-bond acceptors (Lipinski definition) is 3. The van der Waals surface area contributed by atoms with Crippen LogP contribution in [0.15, 0.2) is 40.8 Å². The predicted molar refractivity (Wildman–Crippen MR) is 99.7 cm³/mol. The number of rotatable bonds is 5. The molecule has 1 unspecified atom stereocenters. The van der Waals surface area contributed by atoms with E-state index in [0.717, 1.165) is 11.5 Å². The lowest BCUT2D eigenvalue weighted by molar-refractivity contribution is 0.0935. The van der Waals surface area contributed by atoms with Crippen LogP contribution in [0.3, 0.4) is 0 Å². The summed E-state index contributed by atoms with van der Waals surface area (Å²) in [7, 11) is 0. The molecule has 4 nitrogen and oxygen atoms in total. The zero-order valence-electron chi connectivity index (χ0n) is 14.1. The average Bonchev–Trinajstić information content (AvgIpc) is 3.03. The van der Waals surface area contributed by atoms with Gasteiger partial charge in [-0.05, 0) is 38.1 Å². The third-order valence-electron chi connectivity index (χ3n) is 3.86. The summed E-state index contributed by atoms with van der Waals surface area (Å²) in [5.74, 6) is -0.0498. The maximum atomic E-state index is 13.6. The van der Waals surface area contributed by atoms with Crippen molar-refractivity contribution in [2.24, 2.45) is 0 Å². The molecule has 136 valence electrons. The Labute approximate surface area is 159 Å². The zero-order valence-corrected chi connectivity index (χ0v) is 15.6. The number of benzene rings is 2. The molecular formula is C19H16Cl2FNO3. The molecule has 0 aliphatic rings. The molecule has 1 atom stereocenters. The molecule has 3 rings (SSSR count). The van der Waals surface area contributed by atoms with E-state index in [1.807, 2.05) is 31.2 Å². The highest BCUT2D eigenvalue weighted by Crippen LogP contribution is 2.31. The Kier molecular flexibility index (Phi) is 5.39. The number of nitrogens with one attached hydrogen (secondary N) is 1. The van der Waals surface area contributed by atoms with Gasteiger partial charge in [-0.15, -0.1) is 0 Å². The van der Waals surface area contributed by atoms with Crippen molar-refractivity contribution in [1.29, 1.82) is 0 Å². The van der Waals surface area contributed by atoms with E-state index in [-0.39, 0.29) is 15.6 Å². The van der Waals surface area contributed by atoms with Gasteiger partial charge in [0, 0.05) is 5.39 Å². The fourth-order valence-electron chi connectivity index (χ4n) is 2.58. The summed E-state index contributed by atoms with van der Waals surface area (Å²) in [5.41, 5.74) is 0.618. The first-order chi connectivity index (χ1) is 12.4. The van der Waals surface area contributed by atoms with Gasteiger partial charge in [-0.2, -0.15) is 0 Å². The predicted octanol–water partition coefficient (Wildman–Crippen LogP) is 5.77. The van der Waals surface area contributed by atoms with E-state index < -0.39 is 17.8 Å². The van der Waals surface area contributed by atoms with Crippen LogP contribution < -0.4 is 10.1 Å². The fraction of sp³-hybridized carbons (Fsp3) is 0.211. The van der Waals surface area contributed by atoms with Crippen LogP contribution in [0.25, 0.3) is 11.0 Å². The number of furan rings is 1. The first-order valence-electron chi connectivity index (χ1n) is 8.01. The molecule has 1 heterocycles. The minimum absolute atomic E-state index is 0.00605. The molecule has 0 aliphatic carbocycles. The lowest BCUT2D eigenvalue weighted by atomic mass is 10.1. The van der Waals surface area contributed by atoms with Gasteiger partial charge in [0.25, 0.3) is 5.91 Å². The normalized spacial score (nSPS) is 12.2. The highest BCUT2D eigenvalue weighted by atomic mass is 35.5. The second-order valence-corrected chi connectivity index (χ2v) is 6.51. The quantitative estimate of drug-likeness (QED) is 0.557. The number of amides is 1. The minimum Gasteiger partial charge on any atom is -0.490 e. The number of halogens is 3. The molecule has 1 N–H and O–H groups in total. The molecule has 1 aromatic heterocycles. The maximum absolute atomic E-state index is 13.6. The molecule has 3 aromatic rings. The van der Waals surface area contributed by atoms with Gasteiger partial charge in [0.05, 0.1) is 28.3 Å². The number of para-hydroxylation sites is 1. The van der Waals surface area contributed by atoms with Gasteiger partial charge in [-0.25, -0.2) is 4.39 Å². The summed E-state index contributed by atoms with van der Waals surface area (Å²) < 4.78 is 25.0. The lowest BCUT2D eigenvalue weighted by Crippen LogP contribution is -2.26. The Morgan fingerprint density at radius 1 is 1.27 bits per heavy atom. The zero-order chi connectivity index (χ0) is 18.8. The van der Waals surface area contributed by atoms with E-state index in [0.29, 0.717) is 23.7 Å². The second kappa shape index (κ2) is 7.56. The highest BCUT2D eigenvalue weighted by Gasteiger charge is 2.19.